The van der Waals surface area contributed by atoms with Gasteiger partial charge in [-0.15, -0.1) is 0 Å². The summed E-state index contributed by atoms with van der Waals surface area (Å²) in [5.74, 6) is 0. The van der Waals surface area contributed by atoms with Crippen molar-refractivity contribution in [3.63, 3.8) is 0 Å². The zero-order valence-corrected chi connectivity index (χ0v) is 31.0. The first kappa shape index (κ1) is 32.2. The Kier molecular flexibility index (Phi) is 7.19. The van der Waals surface area contributed by atoms with Crippen molar-refractivity contribution < 1.29 is 0 Å². The Balaban J connectivity index is 1.19. The van der Waals surface area contributed by atoms with Crippen LogP contribution in [0.5, 0.6) is 0 Å². The quantitative estimate of drug-likeness (QED) is 0.157. The highest BCUT2D eigenvalue weighted by molar-refractivity contribution is 6.00. The van der Waals surface area contributed by atoms with Gasteiger partial charge in [0.05, 0.1) is 11.1 Å². The first-order valence-electron chi connectivity index (χ1n) is 19.0. The van der Waals surface area contributed by atoms with Crippen molar-refractivity contribution in [2.45, 2.75) is 31.6 Å². The number of rotatable bonds is 6. The molecule has 0 saturated carbocycles. The summed E-state index contributed by atoms with van der Waals surface area (Å²) < 4.78 is 0. The number of hydrogen-bond donors (Lipinski definition) is 0. The molecule has 0 aliphatic heterocycles. The minimum Gasteiger partial charge on any atom is -0.310 e. The van der Waals surface area contributed by atoms with Crippen LogP contribution in [0.4, 0.5) is 11.4 Å². The number of fused-ring (bicyclic) bond motifs is 11. The molecule has 54 heavy (non-hydrogen) atoms. The molecular formula is C53H41N. The zero-order valence-electron chi connectivity index (χ0n) is 31.0. The maximum atomic E-state index is 4.83. The van der Waals surface area contributed by atoms with Gasteiger partial charge >= 0.3 is 0 Å². The van der Waals surface area contributed by atoms with Crippen LogP contribution in [0.25, 0.3) is 39.0 Å². The minimum atomic E-state index is -0.420. The molecule has 0 fully saturated rings. The fraction of sp³-hybridized carbons (Fsp3) is 0.0943. The van der Waals surface area contributed by atoms with E-state index in [1.807, 2.05) is 0 Å². The molecule has 0 atom stereocenters. The SMILES string of the molecule is C=C(/C=C\C1=C(C)C(C)(C)c2ccccc21)N(c1ccc(-c2ccccc2)cc1)c1cccc2c1-c1ccccc1C21c2ccccc2-c2ccccc21. The van der Waals surface area contributed by atoms with Crippen molar-refractivity contribution in [2.75, 3.05) is 4.90 Å². The van der Waals surface area contributed by atoms with E-state index in [4.69, 9.17) is 6.58 Å². The molecule has 0 aromatic heterocycles. The maximum absolute atomic E-state index is 4.83. The topological polar surface area (TPSA) is 3.24 Å². The molecule has 0 radical (unpaired) electrons. The number of hydrogen-bond acceptors (Lipinski definition) is 1. The minimum absolute atomic E-state index is 0.0310. The number of benzene rings is 7. The summed E-state index contributed by atoms with van der Waals surface area (Å²) in [4.78, 5) is 2.37. The van der Waals surface area contributed by atoms with E-state index in [0.29, 0.717) is 0 Å². The molecule has 0 bridgehead atoms. The van der Waals surface area contributed by atoms with Gasteiger partial charge in [0.1, 0.15) is 0 Å². The fourth-order valence-electron chi connectivity index (χ4n) is 9.68. The Labute approximate surface area is 318 Å². The van der Waals surface area contributed by atoms with E-state index in [1.165, 1.54) is 77.9 Å². The molecule has 7 aromatic rings. The Morgan fingerprint density at radius 3 is 1.65 bits per heavy atom. The Morgan fingerprint density at radius 2 is 1.00 bits per heavy atom. The van der Waals surface area contributed by atoms with E-state index in [2.05, 4.69) is 208 Å². The summed E-state index contributed by atoms with van der Waals surface area (Å²) in [6.07, 6.45) is 4.51. The van der Waals surface area contributed by atoms with Crippen molar-refractivity contribution in [1.82, 2.24) is 0 Å². The summed E-state index contributed by atoms with van der Waals surface area (Å²) in [7, 11) is 0. The second kappa shape index (κ2) is 12.0. The lowest BCUT2D eigenvalue weighted by Crippen LogP contribution is -2.26. The fourth-order valence-corrected chi connectivity index (χ4v) is 9.68. The molecule has 0 heterocycles. The van der Waals surface area contributed by atoms with Gasteiger partial charge in [-0.2, -0.15) is 0 Å². The van der Waals surface area contributed by atoms with Crippen LogP contribution in [0, 0.1) is 0 Å². The standard InChI is InChI=1S/C53H41N/c1-35(29-34-40-36(2)52(3,4)45-23-12-8-19-41(40)45)54(39-32-30-38(31-33-39)37-17-6-5-7-18-37)50-28-16-27-49-51(50)44-22-11-15-26-48(44)53(49)46-24-13-9-20-42(46)43-21-10-14-25-47(43)53/h5-34H,1H2,2-4H3/b34-29-. The van der Waals surface area contributed by atoms with Crippen LogP contribution in [0.3, 0.4) is 0 Å². The zero-order chi connectivity index (χ0) is 36.6. The van der Waals surface area contributed by atoms with E-state index < -0.39 is 5.41 Å². The van der Waals surface area contributed by atoms with Crippen molar-refractivity contribution in [3.8, 4) is 33.4 Å². The molecule has 1 nitrogen and oxygen atoms in total. The summed E-state index contributed by atoms with van der Waals surface area (Å²) in [5.41, 5.74) is 20.8. The van der Waals surface area contributed by atoms with E-state index in [9.17, 15) is 0 Å². The van der Waals surface area contributed by atoms with Crippen LogP contribution < -0.4 is 4.90 Å². The first-order valence-corrected chi connectivity index (χ1v) is 19.0. The lowest BCUT2D eigenvalue weighted by molar-refractivity contribution is 0.639. The maximum Gasteiger partial charge on any atom is 0.0726 e. The van der Waals surface area contributed by atoms with Gasteiger partial charge in [-0.1, -0.05) is 184 Å². The summed E-state index contributed by atoms with van der Waals surface area (Å²) in [6, 6.07) is 62.3. The van der Waals surface area contributed by atoms with Gasteiger partial charge < -0.3 is 4.90 Å². The molecule has 7 aromatic carbocycles. The predicted octanol–water partition coefficient (Wildman–Crippen LogP) is 13.7. The molecule has 1 spiro atoms. The summed E-state index contributed by atoms with van der Waals surface area (Å²) in [6.45, 7) is 11.8. The molecule has 3 aliphatic carbocycles. The van der Waals surface area contributed by atoms with Gasteiger partial charge in [0.15, 0.2) is 0 Å². The highest BCUT2D eigenvalue weighted by atomic mass is 15.1. The van der Waals surface area contributed by atoms with Crippen molar-refractivity contribution in [2.24, 2.45) is 0 Å². The molecule has 0 saturated heterocycles. The Bertz CT molecular complexity index is 2660. The van der Waals surface area contributed by atoms with Gasteiger partial charge in [0, 0.05) is 22.4 Å². The molecule has 3 aliphatic rings. The van der Waals surface area contributed by atoms with Crippen LogP contribution in [0.2, 0.25) is 0 Å². The largest absolute Gasteiger partial charge is 0.310 e. The average Bonchev–Trinajstić information content (AvgIpc) is 3.76. The monoisotopic (exact) mass is 691 g/mol. The van der Waals surface area contributed by atoms with E-state index in [0.717, 1.165) is 17.1 Å². The first-order chi connectivity index (χ1) is 26.4. The van der Waals surface area contributed by atoms with Crippen LogP contribution in [0.15, 0.2) is 200 Å². The molecular weight excluding hydrogens is 651 g/mol. The average molecular weight is 692 g/mol. The second-order valence-corrected chi connectivity index (χ2v) is 15.4. The number of anilines is 2. The van der Waals surface area contributed by atoms with Gasteiger partial charge in [0.2, 0.25) is 0 Å². The van der Waals surface area contributed by atoms with E-state index in [1.54, 1.807) is 0 Å². The van der Waals surface area contributed by atoms with Crippen LogP contribution in [-0.2, 0) is 10.8 Å². The smallest absolute Gasteiger partial charge is 0.0726 e. The van der Waals surface area contributed by atoms with Crippen molar-refractivity contribution in [3.05, 3.63) is 233 Å². The molecule has 258 valence electrons. The molecule has 0 amide bonds. The van der Waals surface area contributed by atoms with E-state index >= 15 is 0 Å². The molecule has 0 unspecified atom stereocenters. The highest BCUT2D eigenvalue weighted by Gasteiger charge is 2.52. The van der Waals surface area contributed by atoms with Crippen molar-refractivity contribution in [1.29, 1.82) is 0 Å². The highest BCUT2D eigenvalue weighted by Crippen LogP contribution is 2.64. The molecule has 1 heteroatoms. The summed E-state index contributed by atoms with van der Waals surface area (Å²) >= 11 is 0. The van der Waals surface area contributed by atoms with Gasteiger partial charge in [-0.05, 0) is 98.0 Å². The van der Waals surface area contributed by atoms with Crippen LogP contribution in [0.1, 0.15) is 54.2 Å². The van der Waals surface area contributed by atoms with Gasteiger partial charge in [0.25, 0.3) is 0 Å². The normalized spacial score (nSPS) is 15.2. The van der Waals surface area contributed by atoms with Crippen LogP contribution in [-0.4, -0.2) is 0 Å². The summed E-state index contributed by atoms with van der Waals surface area (Å²) in [5, 5.41) is 0. The lowest BCUT2D eigenvalue weighted by atomic mass is 9.70. The lowest BCUT2D eigenvalue weighted by Gasteiger charge is -2.32. The van der Waals surface area contributed by atoms with Gasteiger partial charge in [-0.3, -0.25) is 0 Å². The van der Waals surface area contributed by atoms with Crippen LogP contribution >= 0.6 is 0 Å². The number of allylic oxidation sites excluding steroid dienone is 4. The second-order valence-electron chi connectivity index (χ2n) is 15.4. The molecule has 10 rings (SSSR count). The predicted molar refractivity (Wildman–Crippen MR) is 227 cm³/mol. The Hall–Kier alpha value is -6.44. The molecule has 0 N–H and O–H groups in total. The van der Waals surface area contributed by atoms with E-state index in [-0.39, 0.29) is 5.41 Å². The number of nitrogens with zero attached hydrogens (tertiary/aromatic N) is 1. The third-order valence-corrected chi connectivity index (χ3v) is 12.4. The van der Waals surface area contributed by atoms with Gasteiger partial charge in [-0.25, -0.2) is 0 Å². The Morgan fingerprint density at radius 1 is 0.500 bits per heavy atom. The third-order valence-electron chi connectivity index (χ3n) is 12.4. The van der Waals surface area contributed by atoms with Crippen molar-refractivity contribution >= 4 is 16.9 Å². The third kappa shape index (κ3) is 4.45.